The van der Waals surface area contributed by atoms with Crippen LogP contribution in [0, 0.1) is 0 Å². The SMILES string of the molecule is CCCCCCCCCCCCCC(=O)NN=Cc1ccc(N(CC)CC)cc1. The molecule has 1 rings (SSSR count). The number of nitrogens with zero attached hydrogens (tertiary/aromatic N) is 2. The molecular weight excluding hydrogens is 358 g/mol. The van der Waals surface area contributed by atoms with Crippen LogP contribution in [0.3, 0.4) is 0 Å². The summed E-state index contributed by atoms with van der Waals surface area (Å²) in [4.78, 5) is 14.2. The van der Waals surface area contributed by atoms with Crippen LogP contribution in [0.25, 0.3) is 0 Å². The van der Waals surface area contributed by atoms with Gasteiger partial charge in [0.25, 0.3) is 0 Å². The first kappa shape index (κ1) is 25.2. The van der Waals surface area contributed by atoms with Crippen LogP contribution in [0.5, 0.6) is 0 Å². The van der Waals surface area contributed by atoms with E-state index in [1.165, 1.54) is 63.5 Å². The van der Waals surface area contributed by atoms with E-state index in [1.54, 1.807) is 6.21 Å². The van der Waals surface area contributed by atoms with Crippen LogP contribution >= 0.6 is 0 Å². The van der Waals surface area contributed by atoms with Crippen LogP contribution in [-0.4, -0.2) is 25.2 Å². The number of unbranched alkanes of at least 4 members (excludes halogenated alkanes) is 10. The Balaban J connectivity index is 2.06. The van der Waals surface area contributed by atoms with E-state index in [2.05, 4.69) is 48.3 Å². The van der Waals surface area contributed by atoms with E-state index < -0.39 is 0 Å². The Kier molecular flexibility index (Phi) is 14.8. The zero-order valence-electron chi connectivity index (χ0n) is 19.1. The minimum absolute atomic E-state index is 0.0111. The summed E-state index contributed by atoms with van der Waals surface area (Å²) in [6, 6.07) is 8.27. The van der Waals surface area contributed by atoms with Gasteiger partial charge in [-0.1, -0.05) is 83.3 Å². The average molecular weight is 402 g/mol. The fourth-order valence-electron chi connectivity index (χ4n) is 3.54. The lowest BCUT2D eigenvalue weighted by molar-refractivity contribution is -0.121. The van der Waals surface area contributed by atoms with Crippen LogP contribution in [0.2, 0.25) is 0 Å². The summed E-state index contributed by atoms with van der Waals surface area (Å²) in [5.74, 6) is 0.0111. The molecule has 1 N–H and O–H groups in total. The van der Waals surface area contributed by atoms with E-state index in [1.807, 2.05) is 12.1 Å². The second-order valence-electron chi connectivity index (χ2n) is 7.84. The monoisotopic (exact) mass is 401 g/mol. The standard InChI is InChI=1S/C25H43N3O/c1-4-7-8-9-10-11-12-13-14-15-16-17-25(29)27-26-22-23-18-20-24(21-19-23)28(5-2)6-3/h18-22H,4-17H2,1-3H3,(H,27,29). The van der Waals surface area contributed by atoms with E-state index in [-0.39, 0.29) is 5.91 Å². The molecule has 164 valence electrons. The van der Waals surface area contributed by atoms with Crippen LogP contribution in [0.1, 0.15) is 103 Å². The predicted octanol–water partition coefficient (Wildman–Crippen LogP) is 6.68. The molecule has 0 atom stereocenters. The Hall–Kier alpha value is -1.84. The van der Waals surface area contributed by atoms with Gasteiger partial charge in [-0.15, -0.1) is 0 Å². The Morgan fingerprint density at radius 1 is 0.828 bits per heavy atom. The van der Waals surface area contributed by atoms with E-state index in [9.17, 15) is 4.79 Å². The predicted molar refractivity (Wildman–Crippen MR) is 127 cm³/mol. The van der Waals surface area contributed by atoms with Gasteiger partial charge < -0.3 is 4.90 Å². The number of benzene rings is 1. The summed E-state index contributed by atoms with van der Waals surface area (Å²) in [5.41, 5.74) is 4.86. The van der Waals surface area contributed by atoms with Crippen LogP contribution < -0.4 is 10.3 Å². The summed E-state index contributed by atoms with van der Waals surface area (Å²) in [7, 11) is 0. The molecule has 1 aromatic carbocycles. The number of nitrogens with one attached hydrogen (secondary N) is 1. The number of carbonyl (C=O) groups is 1. The molecule has 1 aromatic rings. The van der Waals surface area contributed by atoms with E-state index in [0.29, 0.717) is 6.42 Å². The van der Waals surface area contributed by atoms with Gasteiger partial charge in [-0.3, -0.25) is 4.79 Å². The Morgan fingerprint density at radius 2 is 1.34 bits per heavy atom. The van der Waals surface area contributed by atoms with Gasteiger partial charge in [-0.2, -0.15) is 5.10 Å². The van der Waals surface area contributed by atoms with Crippen molar-refractivity contribution in [1.82, 2.24) is 5.43 Å². The highest BCUT2D eigenvalue weighted by molar-refractivity contribution is 5.82. The first-order chi connectivity index (χ1) is 14.2. The van der Waals surface area contributed by atoms with Gasteiger partial charge in [0, 0.05) is 25.2 Å². The Morgan fingerprint density at radius 3 is 1.86 bits per heavy atom. The first-order valence-corrected chi connectivity index (χ1v) is 11.9. The van der Waals surface area contributed by atoms with Gasteiger partial charge in [0.1, 0.15) is 0 Å². The second kappa shape index (κ2) is 17.1. The number of hydrogen-bond donors (Lipinski definition) is 1. The molecule has 0 saturated carbocycles. The third kappa shape index (κ3) is 12.4. The minimum atomic E-state index is 0.0111. The molecular formula is C25H43N3O. The van der Waals surface area contributed by atoms with Crippen LogP contribution in [0.15, 0.2) is 29.4 Å². The molecule has 0 aliphatic rings. The summed E-state index contributed by atoms with van der Waals surface area (Å²) < 4.78 is 0. The fourth-order valence-corrected chi connectivity index (χ4v) is 3.54. The highest BCUT2D eigenvalue weighted by Crippen LogP contribution is 2.14. The van der Waals surface area contributed by atoms with Crippen molar-refractivity contribution in [3.05, 3.63) is 29.8 Å². The third-order valence-electron chi connectivity index (χ3n) is 5.43. The summed E-state index contributed by atoms with van der Waals surface area (Å²) in [5, 5.41) is 4.09. The van der Waals surface area contributed by atoms with E-state index in [0.717, 1.165) is 31.5 Å². The normalized spacial score (nSPS) is 11.1. The lowest BCUT2D eigenvalue weighted by atomic mass is 10.1. The smallest absolute Gasteiger partial charge is 0.240 e. The van der Waals surface area contributed by atoms with Gasteiger partial charge in [0.2, 0.25) is 5.91 Å². The number of anilines is 1. The van der Waals surface area contributed by atoms with Crippen molar-refractivity contribution in [2.24, 2.45) is 5.10 Å². The number of hydrazone groups is 1. The maximum atomic E-state index is 11.9. The molecule has 0 aromatic heterocycles. The second-order valence-corrected chi connectivity index (χ2v) is 7.84. The highest BCUT2D eigenvalue weighted by Gasteiger charge is 2.01. The van der Waals surface area contributed by atoms with E-state index in [4.69, 9.17) is 0 Å². The topological polar surface area (TPSA) is 44.7 Å². The summed E-state index contributed by atoms with van der Waals surface area (Å²) in [6.45, 7) is 8.57. The van der Waals surface area contributed by atoms with Gasteiger partial charge >= 0.3 is 0 Å². The number of carbonyl (C=O) groups excluding carboxylic acids is 1. The molecule has 0 spiro atoms. The first-order valence-electron chi connectivity index (χ1n) is 11.9. The average Bonchev–Trinajstić information content (AvgIpc) is 2.74. The molecule has 0 aliphatic heterocycles. The largest absolute Gasteiger partial charge is 0.372 e. The molecule has 1 amide bonds. The zero-order chi connectivity index (χ0) is 21.2. The molecule has 4 heteroatoms. The maximum absolute atomic E-state index is 11.9. The van der Waals surface area contributed by atoms with Crippen LogP contribution in [0.4, 0.5) is 5.69 Å². The molecule has 0 radical (unpaired) electrons. The van der Waals surface area contributed by atoms with Crippen molar-refractivity contribution < 1.29 is 4.79 Å². The van der Waals surface area contributed by atoms with Crippen molar-refractivity contribution in [3.8, 4) is 0 Å². The Labute approximate surface area is 179 Å². The minimum Gasteiger partial charge on any atom is -0.372 e. The Bertz CT molecular complexity index is 550. The van der Waals surface area contributed by atoms with Crippen molar-refractivity contribution >= 4 is 17.8 Å². The van der Waals surface area contributed by atoms with E-state index >= 15 is 0 Å². The van der Waals surface area contributed by atoms with Gasteiger partial charge in [0.05, 0.1) is 6.21 Å². The van der Waals surface area contributed by atoms with Crippen molar-refractivity contribution in [2.45, 2.75) is 97.8 Å². The number of hydrogen-bond acceptors (Lipinski definition) is 3. The van der Waals surface area contributed by atoms with Gasteiger partial charge in [0.15, 0.2) is 0 Å². The molecule has 4 nitrogen and oxygen atoms in total. The van der Waals surface area contributed by atoms with Crippen molar-refractivity contribution in [1.29, 1.82) is 0 Å². The molecule has 0 fully saturated rings. The zero-order valence-corrected chi connectivity index (χ0v) is 19.1. The molecule has 0 heterocycles. The number of rotatable bonds is 17. The lowest BCUT2D eigenvalue weighted by Crippen LogP contribution is -2.21. The summed E-state index contributed by atoms with van der Waals surface area (Å²) in [6.07, 6.45) is 16.5. The fraction of sp³-hybridized carbons (Fsp3) is 0.680. The maximum Gasteiger partial charge on any atom is 0.240 e. The molecule has 0 bridgehead atoms. The molecule has 29 heavy (non-hydrogen) atoms. The van der Waals surface area contributed by atoms with Gasteiger partial charge in [-0.05, 0) is 38.0 Å². The summed E-state index contributed by atoms with van der Waals surface area (Å²) >= 11 is 0. The highest BCUT2D eigenvalue weighted by atomic mass is 16.2. The van der Waals surface area contributed by atoms with Crippen molar-refractivity contribution in [3.63, 3.8) is 0 Å². The number of amides is 1. The molecule has 0 aliphatic carbocycles. The third-order valence-corrected chi connectivity index (χ3v) is 5.43. The van der Waals surface area contributed by atoms with Gasteiger partial charge in [-0.25, -0.2) is 5.43 Å². The molecule has 0 saturated heterocycles. The van der Waals surface area contributed by atoms with Crippen LogP contribution in [-0.2, 0) is 4.79 Å². The lowest BCUT2D eigenvalue weighted by Gasteiger charge is -2.20. The van der Waals surface area contributed by atoms with Crippen molar-refractivity contribution in [2.75, 3.05) is 18.0 Å². The quantitative estimate of drug-likeness (QED) is 0.180. The molecule has 0 unspecified atom stereocenters.